The van der Waals surface area contributed by atoms with E-state index in [2.05, 4.69) is 25.4 Å². The number of carboxylic acids is 2. The maximum absolute atomic E-state index is 13.3. The number of hydrogen-bond acceptors (Lipinski definition) is 25. The largest absolute Gasteiger partial charge is 2.00 e. The SMILES string of the molecule is CC(C)(CCCCCC(=O)CCCCCC(C)(C)C(=O)O)C(=O)O.CCOC(=O)C(C)(C)CCCCBr.CCOC(=O)C(C)(C)CCCCCC(=O)CCCCCC(C)(C)C(=O)OC.CCOC(=O)C(CCCCC(C)(C)C(=O)OCC)C(=O)C(CCCCC(C)(C)C(=O)OCC)C(C)=O.CCOC(=O)CC(=O)CC(=O)OCC.CC[O-].CC[O-].[Mg+2]. The van der Waals surface area contributed by atoms with Gasteiger partial charge in [-0.2, -0.15) is 0 Å². The van der Waals surface area contributed by atoms with E-state index in [1.54, 1.807) is 76.2 Å². The Morgan fingerprint density at radius 3 is 0.777 bits per heavy atom. The number of aliphatic carboxylic acids is 2. The summed E-state index contributed by atoms with van der Waals surface area (Å²) in [6.07, 6.45) is 22.3. The van der Waals surface area contributed by atoms with E-state index in [9.17, 15) is 71.9 Å². The van der Waals surface area contributed by atoms with Gasteiger partial charge < -0.3 is 58.3 Å². The number of hydrogen-bond donors (Lipinski definition) is 2. The van der Waals surface area contributed by atoms with Crippen molar-refractivity contribution in [2.24, 2.45) is 49.7 Å². The van der Waals surface area contributed by atoms with Crippen molar-refractivity contribution < 1.29 is 130 Å². The molecule has 0 aromatic carbocycles. The van der Waals surface area contributed by atoms with Crippen LogP contribution in [0, 0.1) is 49.7 Å². The zero-order valence-electron chi connectivity index (χ0n) is 79.7. The summed E-state index contributed by atoms with van der Waals surface area (Å²) in [6, 6.07) is 0. The number of carboxylic acid groups (broad SMARTS) is 2. The molecule has 0 fully saturated rings. The standard InChI is InChI=1S/C28H48O8.C22H40O5.C19H34O5.C10H19BrO2.C9H14O5.2C2H5O.Mg/c1-9-34-24(31)22(17-13-15-19-28(7,8)26(33)36-11-3)23(30)21(20(4)29)16-12-14-18-27(5,6)25(32)35-10-2;1-7-27-20(25)22(4,5)17-13-9-11-15-18(23)14-10-8-12-16-21(2,3)19(24)26-6;1-18(2,16(21)22)13-9-5-7-11-15(20)12-8-6-10-14-19(3,4)17(23)24;1-4-13-9(12)10(2,3)7-5-6-8-11;1-3-13-8(11)5-7(10)6-9(12)14-4-2;2*1-2-3;/h21-22H,9-19H2,1-8H3;7-17H2,1-6H3;5-14H2,1-4H3,(H,21,22)(H,23,24);4-8H2,1-3H3;3-6H2,1-2H3;2*2H2,1H3;/q;;;;;2*-1;+2. The van der Waals surface area contributed by atoms with Crippen LogP contribution in [0.15, 0.2) is 0 Å². The number of rotatable bonds is 60. The normalized spacial score (nSPS) is 11.7. The van der Waals surface area contributed by atoms with Crippen LogP contribution >= 0.6 is 15.9 Å². The summed E-state index contributed by atoms with van der Waals surface area (Å²) in [5.41, 5.74) is -3.89. The van der Waals surface area contributed by atoms with Gasteiger partial charge in [0.2, 0.25) is 0 Å². The Morgan fingerprint density at radius 2 is 0.545 bits per heavy atom. The van der Waals surface area contributed by atoms with E-state index in [0.717, 1.165) is 114 Å². The van der Waals surface area contributed by atoms with Gasteiger partial charge in [0.25, 0.3) is 0 Å². The van der Waals surface area contributed by atoms with Gasteiger partial charge in [0.05, 0.1) is 97.2 Å². The van der Waals surface area contributed by atoms with Crippen LogP contribution in [0.4, 0.5) is 0 Å². The van der Waals surface area contributed by atoms with E-state index in [1.165, 1.54) is 14.0 Å². The Kier molecular flexibility index (Phi) is 82.8. The summed E-state index contributed by atoms with van der Waals surface area (Å²) >= 11 is 3.37. The van der Waals surface area contributed by atoms with Crippen LogP contribution in [0.5, 0.6) is 0 Å². The van der Waals surface area contributed by atoms with Crippen LogP contribution in [-0.2, 0) is 110 Å². The molecule has 704 valence electrons. The molecule has 121 heavy (non-hydrogen) atoms. The second-order valence-corrected chi connectivity index (χ2v) is 34.9. The molecule has 0 aliphatic heterocycles. The fourth-order valence-electron chi connectivity index (χ4n) is 11.5. The van der Waals surface area contributed by atoms with Crippen molar-refractivity contribution >= 4 is 128 Å². The molecule has 2 unspecified atom stereocenters. The van der Waals surface area contributed by atoms with Gasteiger partial charge >= 0.3 is 82.7 Å². The monoisotopic (exact) mass is 1810 g/mol. The van der Waals surface area contributed by atoms with Crippen molar-refractivity contribution in [3.63, 3.8) is 0 Å². The summed E-state index contributed by atoms with van der Waals surface area (Å²) in [7, 11) is 1.42. The molecule has 0 radical (unpaired) electrons. The number of esters is 8. The molecular weight excluding hydrogens is 1640 g/mol. The number of ketones is 5. The summed E-state index contributed by atoms with van der Waals surface area (Å²) in [5, 5.41) is 36.9. The van der Waals surface area contributed by atoms with Crippen molar-refractivity contribution in [1.82, 2.24) is 0 Å². The third kappa shape index (κ3) is 72.1. The first-order valence-corrected chi connectivity index (χ1v) is 44.9. The Hall–Kier alpha value is -5.78. The third-order valence-electron chi connectivity index (χ3n) is 19.6. The smallest absolute Gasteiger partial charge is 0.855 e. The molecule has 2 N–H and O–H groups in total. The summed E-state index contributed by atoms with van der Waals surface area (Å²) in [5.74, 6) is -6.81. The Morgan fingerprint density at radius 1 is 0.314 bits per heavy atom. The van der Waals surface area contributed by atoms with Crippen molar-refractivity contribution in [3.05, 3.63) is 0 Å². The minimum Gasteiger partial charge on any atom is -0.855 e. The quantitative estimate of drug-likeness (QED) is 0.0143. The van der Waals surface area contributed by atoms with Crippen LogP contribution in [-0.4, -0.2) is 194 Å². The third-order valence-corrected chi connectivity index (χ3v) is 20.1. The first-order valence-electron chi connectivity index (χ1n) is 43.8. The first kappa shape index (κ1) is 131. The van der Waals surface area contributed by atoms with E-state index in [0.29, 0.717) is 116 Å². The predicted octanol–water partition coefficient (Wildman–Crippen LogP) is 17.1. The molecule has 0 saturated heterocycles. The van der Waals surface area contributed by atoms with E-state index in [4.69, 9.17) is 48.8 Å². The molecule has 0 aliphatic rings. The molecule has 0 heterocycles. The van der Waals surface area contributed by atoms with E-state index in [1.807, 2.05) is 83.1 Å². The fraction of sp³-hybridized carbons (Fsp3) is 0.837. The van der Waals surface area contributed by atoms with Gasteiger partial charge in [-0.05, 0) is 242 Å². The second-order valence-electron chi connectivity index (χ2n) is 34.1. The van der Waals surface area contributed by atoms with Crippen molar-refractivity contribution in [2.75, 3.05) is 71.9 Å². The summed E-state index contributed by atoms with van der Waals surface area (Å²) in [6.45, 7) is 44.5. The predicted molar refractivity (Wildman–Crippen MR) is 471 cm³/mol. The number of alkyl halides is 1. The van der Waals surface area contributed by atoms with Gasteiger partial charge in [-0.1, -0.05) is 113 Å². The Balaban J connectivity index is -0.000000224. The average Bonchev–Trinajstić information content (AvgIpc) is 0.862. The average molecular weight is 1810 g/mol. The molecule has 0 spiro atoms. The van der Waals surface area contributed by atoms with Gasteiger partial charge in [-0.15, -0.1) is 13.2 Å². The molecule has 0 saturated carbocycles. The number of halogens is 1. The second kappa shape index (κ2) is 76.6. The van der Waals surface area contributed by atoms with E-state index in [-0.39, 0.29) is 122 Å². The van der Waals surface area contributed by atoms with Crippen molar-refractivity contribution in [3.8, 4) is 0 Å². The number of Topliss-reactive ketones (excluding diaryl/α,β-unsaturated/α-hetero) is 5. The first-order chi connectivity index (χ1) is 55.8. The van der Waals surface area contributed by atoms with Crippen LogP contribution in [0.25, 0.3) is 0 Å². The zero-order chi connectivity index (χ0) is 94.4. The van der Waals surface area contributed by atoms with Gasteiger partial charge in [0, 0.05) is 31.0 Å². The number of carbonyl (C=O) groups is 15. The number of unbranched alkanes of at least 4 members (excludes halogenated alkanes) is 11. The minimum absolute atomic E-state index is 0. The number of ether oxygens (including phenoxy) is 8. The van der Waals surface area contributed by atoms with Crippen LogP contribution in [0.1, 0.15) is 378 Å². The number of carbonyl (C=O) groups excluding carboxylic acids is 13. The van der Waals surface area contributed by atoms with Crippen LogP contribution < -0.4 is 10.2 Å². The van der Waals surface area contributed by atoms with Gasteiger partial charge in [0.15, 0.2) is 11.6 Å². The summed E-state index contributed by atoms with van der Waals surface area (Å²) < 4.78 is 39.3. The number of methoxy groups -OCH3 is 1. The van der Waals surface area contributed by atoms with Crippen LogP contribution in [0.3, 0.4) is 0 Å². The summed E-state index contributed by atoms with van der Waals surface area (Å²) in [4.78, 5) is 176. The van der Waals surface area contributed by atoms with Crippen molar-refractivity contribution in [1.29, 1.82) is 0 Å². The molecule has 2 atom stereocenters. The molecular formula is C92H165BrMgO27. The Bertz CT molecular complexity index is 2820. The maximum atomic E-state index is 13.3. The van der Waals surface area contributed by atoms with Gasteiger partial charge in [0.1, 0.15) is 36.1 Å². The van der Waals surface area contributed by atoms with Gasteiger partial charge in [-0.3, -0.25) is 71.9 Å². The molecule has 0 amide bonds. The molecule has 0 rings (SSSR count). The molecule has 0 aliphatic carbocycles. The molecule has 0 bridgehead atoms. The van der Waals surface area contributed by atoms with E-state index < -0.39 is 85.7 Å². The minimum atomic E-state index is -1.01. The van der Waals surface area contributed by atoms with Crippen LogP contribution in [0.2, 0.25) is 0 Å². The molecule has 0 aromatic rings. The topological polar surface area (TPSA) is 416 Å². The Labute approximate surface area is 753 Å². The van der Waals surface area contributed by atoms with Crippen molar-refractivity contribution in [2.45, 2.75) is 378 Å². The molecule has 0 aromatic heterocycles. The zero-order valence-corrected chi connectivity index (χ0v) is 82.7. The fourth-order valence-corrected chi connectivity index (χ4v) is 11.9. The molecule has 29 heteroatoms. The van der Waals surface area contributed by atoms with E-state index >= 15 is 0 Å². The molecule has 27 nitrogen and oxygen atoms in total. The maximum Gasteiger partial charge on any atom is 2.00 e. The van der Waals surface area contributed by atoms with Gasteiger partial charge in [-0.25, -0.2) is 0 Å².